The zero-order chi connectivity index (χ0) is 13.2. The monoisotopic (exact) mass is 259 g/mol. The molecule has 1 aliphatic rings. The summed E-state index contributed by atoms with van der Waals surface area (Å²) in [5, 5.41) is 8.68. The number of fused-ring (bicyclic) bond motifs is 1. The molecule has 0 unspecified atom stereocenters. The number of piperidine rings is 1. The summed E-state index contributed by atoms with van der Waals surface area (Å²) in [5.74, 6) is 1.64. The van der Waals surface area contributed by atoms with Crippen molar-refractivity contribution < 1.29 is 0 Å². The van der Waals surface area contributed by atoms with Crippen molar-refractivity contribution in [3.05, 3.63) is 29.7 Å². The molecule has 3 heterocycles. The van der Waals surface area contributed by atoms with Crippen LogP contribution in [-0.4, -0.2) is 39.1 Å². The maximum atomic E-state index is 5.66. The van der Waals surface area contributed by atoms with Crippen molar-refractivity contribution in [3.8, 4) is 0 Å². The van der Waals surface area contributed by atoms with Crippen LogP contribution in [0.1, 0.15) is 37.1 Å². The number of rotatable bonds is 3. The first-order chi connectivity index (χ1) is 9.31. The molecular formula is C14H21N5. The molecular weight excluding hydrogens is 238 g/mol. The summed E-state index contributed by atoms with van der Waals surface area (Å²) < 4.78 is 2.12. The van der Waals surface area contributed by atoms with Gasteiger partial charge in [-0.3, -0.25) is 4.40 Å². The molecule has 1 saturated heterocycles. The molecule has 3 rings (SSSR count). The molecule has 0 spiro atoms. The van der Waals surface area contributed by atoms with Crippen molar-refractivity contribution in [1.29, 1.82) is 0 Å². The van der Waals surface area contributed by atoms with Gasteiger partial charge >= 0.3 is 0 Å². The van der Waals surface area contributed by atoms with Crippen LogP contribution >= 0.6 is 0 Å². The lowest BCUT2D eigenvalue weighted by Gasteiger charge is -2.30. The molecule has 0 aliphatic carbocycles. The van der Waals surface area contributed by atoms with Crippen molar-refractivity contribution in [3.63, 3.8) is 0 Å². The van der Waals surface area contributed by atoms with Gasteiger partial charge in [-0.15, -0.1) is 10.2 Å². The maximum absolute atomic E-state index is 5.66. The summed E-state index contributed by atoms with van der Waals surface area (Å²) in [4.78, 5) is 2.49. The number of aromatic nitrogens is 3. The molecule has 2 N–H and O–H groups in total. The van der Waals surface area contributed by atoms with Crippen LogP contribution in [0.25, 0.3) is 5.65 Å². The van der Waals surface area contributed by atoms with Gasteiger partial charge in [0, 0.05) is 18.7 Å². The molecule has 0 aromatic carbocycles. The van der Waals surface area contributed by atoms with Crippen molar-refractivity contribution in [2.24, 2.45) is 5.73 Å². The van der Waals surface area contributed by atoms with Crippen LogP contribution in [0.5, 0.6) is 0 Å². The number of nitrogens with zero attached hydrogens (tertiary/aromatic N) is 4. The van der Waals surface area contributed by atoms with Crippen LogP contribution in [0.4, 0.5) is 0 Å². The Balaban J connectivity index is 1.85. The lowest BCUT2D eigenvalue weighted by atomic mass is 9.96. The Morgan fingerprint density at radius 1 is 1.32 bits per heavy atom. The number of likely N-dealkylation sites (tertiary alicyclic amines) is 1. The zero-order valence-electron chi connectivity index (χ0n) is 11.4. The van der Waals surface area contributed by atoms with Crippen LogP contribution in [-0.2, 0) is 6.54 Å². The van der Waals surface area contributed by atoms with E-state index >= 15 is 0 Å². The molecule has 19 heavy (non-hydrogen) atoms. The van der Waals surface area contributed by atoms with E-state index in [0.29, 0.717) is 12.5 Å². The Hall–Kier alpha value is -1.46. The Morgan fingerprint density at radius 3 is 2.79 bits per heavy atom. The molecule has 0 radical (unpaired) electrons. The van der Waals surface area contributed by atoms with E-state index < -0.39 is 0 Å². The first-order valence-electron chi connectivity index (χ1n) is 7.07. The molecule has 2 aromatic rings. The Bertz CT molecular complexity index is 554. The van der Waals surface area contributed by atoms with Gasteiger partial charge < -0.3 is 10.6 Å². The lowest BCUT2D eigenvalue weighted by Crippen LogP contribution is -2.33. The Kier molecular flexibility index (Phi) is 3.48. The highest BCUT2D eigenvalue weighted by Gasteiger charge is 2.23. The van der Waals surface area contributed by atoms with Gasteiger partial charge in [0.25, 0.3) is 0 Å². The van der Waals surface area contributed by atoms with Crippen molar-refractivity contribution in [2.45, 2.75) is 32.2 Å². The van der Waals surface area contributed by atoms with Crippen molar-refractivity contribution in [1.82, 2.24) is 19.5 Å². The van der Waals surface area contributed by atoms with E-state index in [1.54, 1.807) is 0 Å². The first-order valence-corrected chi connectivity index (χ1v) is 7.07. The summed E-state index contributed by atoms with van der Waals surface area (Å²) >= 11 is 0. The lowest BCUT2D eigenvalue weighted by molar-refractivity contribution is 0.218. The second-order valence-corrected chi connectivity index (χ2v) is 5.23. The SMILES string of the molecule is CCN1CCC(c2nnc3cc(CN)ccn23)CC1. The molecule has 0 atom stereocenters. The third-order valence-electron chi connectivity index (χ3n) is 4.14. The minimum absolute atomic E-state index is 0.529. The van der Waals surface area contributed by atoms with E-state index in [1.807, 2.05) is 6.07 Å². The highest BCUT2D eigenvalue weighted by atomic mass is 15.3. The topological polar surface area (TPSA) is 59.5 Å². The molecule has 1 fully saturated rings. The van der Waals surface area contributed by atoms with Crippen LogP contribution in [0.3, 0.4) is 0 Å². The van der Waals surface area contributed by atoms with Gasteiger partial charge in [-0.2, -0.15) is 0 Å². The second kappa shape index (κ2) is 5.27. The second-order valence-electron chi connectivity index (χ2n) is 5.23. The van der Waals surface area contributed by atoms with Gasteiger partial charge in [0.15, 0.2) is 5.65 Å². The quantitative estimate of drug-likeness (QED) is 0.905. The van der Waals surface area contributed by atoms with E-state index in [4.69, 9.17) is 5.73 Å². The number of nitrogens with two attached hydrogens (primary N) is 1. The van der Waals surface area contributed by atoms with Crippen LogP contribution in [0.15, 0.2) is 18.3 Å². The minimum atomic E-state index is 0.529. The highest BCUT2D eigenvalue weighted by molar-refractivity contribution is 5.41. The fourth-order valence-electron chi connectivity index (χ4n) is 2.86. The Morgan fingerprint density at radius 2 is 2.11 bits per heavy atom. The summed E-state index contributed by atoms with van der Waals surface area (Å²) in [6.45, 7) is 6.25. The molecule has 1 aliphatic heterocycles. The summed E-state index contributed by atoms with van der Waals surface area (Å²) in [6, 6.07) is 4.08. The molecule has 0 bridgehead atoms. The molecule has 5 nitrogen and oxygen atoms in total. The van der Waals surface area contributed by atoms with Crippen LogP contribution in [0.2, 0.25) is 0 Å². The third kappa shape index (κ3) is 2.35. The van der Waals surface area contributed by atoms with Gasteiger partial charge in [0.1, 0.15) is 5.82 Å². The van der Waals surface area contributed by atoms with Gasteiger partial charge in [-0.05, 0) is 50.2 Å². The smallest absolute Gasteiger partial charge is 0.161 e. The molecule has 0 amide bonds. The highest BCUT2D eigenvalue weighted by Crippen LogP contribution is 2.27. The molecule has 0 saturated carbocycles. The number of pyridine rings is 1. The summed E-state index contributed by atoms with van der Waals surface area (Å²) in [7, 11) is 0. The largest absolute Gasteiger partial charge is 0.326 e. The predicted molar refractivity (Wildman–Crippen MR) is 75.0 cm³/mol. The predicted octanol–water partition coefficient (Wildman–Crippen LogP) is 1.39. The number of hydrogen-bond donors (Lipinski definition) is 1. The van der Waals surface area contributed by atoms with Crippen LogP contribution < -0.4 is 5.73 Å². The fraction of sp³-hybridized carbons (Fsp3) is 0.571. The summed E-state index contributed by atoms with van der Waals surface area (Å²) in [5.41, 5.74) is 7.67. The average molecular weight is 259 g/mol. The molecule has 2 aromatic heterocycles. The van der Waals surface area contributed by atoms with E-state index in [2.05, 4.69) is 38.7 Å². The fourth-order valence-corrected chi connectivity index (χ4v) is 2.86. The van der Waals surface area contributed by atoms with Gasteiger partial charge in [-0.25, -0.2) is 0 Å². The average Bonchev–Trinajstić information content (AvgIpc) is 2.90. The summed E-state index contributed by atoms with van der Waals surface area (Å²) in [6.07, 6.45) is 4.40. The minimum Gasteiger partial charge on any atom is -0.326 e. The first kappa shape index (κ1) is 12.6. The Labute approximate surface area is 113 Å². The van der Waals surface area contributed by atoms with Gasteiger partial charge in [0.2, 0.25) is 0 Å². The van der Waals surface area contributed by atoms with Gasteiger partial charge in [-0.1, -0.05) is 6.92 Å². The van der Waals surface area contributed by atoms with Crippen molar-refractivity contribution in [2.75, 3.05) is 19.6 Å². The maximum Gasteiger partial charge on any atom is 0.161 e. The van der Waals surface area contributed by atoms with Crippen LogP contribution in [0, 0.1) is 0 Å². The third-order valence-corrected chi connectivity index (χ3v) is 4.14. The van der Waals surface area contributed by atoms with E-state index in [-0.39, 0.29) is 0 Å². The van der Waals surface area contributed by atoms with E-state index in [9.17, 15) is 0 Å². The van der Waals surface area contributed by atoms with E-state index in [1.165, 1.54) is 12.8 Å². The molecule has 102 valence electrons. The number of hydrogen-bond acceptors (Lipinski definition) is 4. The zero-order valence-corrected chi connectivity index (χ0v) is 11.4. The normalized spacial score (nSPS) is 18.2. The van der Waals surface area contributed by atoms with Crippen molar-refractivity contribution >= 4 is 5.65 Å². The van der Waals surface area contributed by atoms with Gasteiger partial charge in [0.05, 0.1) is 0 Å². The standard InChI is InChI=1S/C14H21N5/c1-2-18-6-4-12(5-7-18)14-17-16-13-9-11(10-15)3-8-19(13)14/h3,8-9,12H,2,4-7,10,15H2,1H3. The van der Waals surface area contributed by atoms with E-state index in [0.717, 1.165) is 36.7 Å². The molecule has 5 heteroatoms.